The molecule has 2 N–H and O–H groups in total. The van der Waals surface area contributed by atoms with Crippen molar-refractivity contribution >= 4 is 5.97 Å². The van der Waals surface area contributed by atoms with Crippen LogP contribution in [0, 0.1) is 17.2 Å². The zero-order valence-electron chi connectivity index (χ0n) is 19.3. The van der Waals surface area contributed by atoms with Crippen molar-refractivity contribution in [2.75, 3.05) is 6.54 Å². The largest absolute Gasteiger partial charge is 0.481 e. The van der Waals surface area contributed by atoms with Crippen LogP contribution in [-0.4, -0.2) is 17.6 Å². The number of aliphatic carboxylic acids is 1. The van der Waals surface area contributed by atoms with Gasteiger partial charge >= 0.3 is 5.97 Å². The van der Waals surface area contributed by atoms with Gasteiger partial charge in [-0.05, 0) is 59.6 Å². The van der Waals surface area contributed by atoms with Crippen molar-refractivity contribution in [1.82, 2.24) is 5.32 Å². The lowest BCUT2D eigenvalue weighted by atomic mass is 9.72. The molecule has 0 aliphatic heterocycles. The molecule has 0 aromatic heterocycles. The molecule has 2 aromatic carbocycles. The molecule has 0 bridgehead atoms. The molecule has 0 radical (unpaired) electrons. The number of carboxylic acid groups (broad SMARTS) is 1. The molecule has 0 spiro atoms. The number of benzene rings is 2. The minimum Gasteiger partial charge on any atom is -0.481 e. The molecule has 0 saturated heterocycles. The Morgan fingerprint density at radius 1 is 1.12 bits per heavy atom. The third-order valence-corrected chi connectivity index (χ3v) is 5.94. The van der Waals surface area contributed by atoms with E-state index in [2.05, 4.69) is 31.0 Å². The van der Waals surface area contributed by atoms with E-state index in [4.69, 9.17) is 5.11 Å². The fourth-order valence-electron chi connectivity index (χ4n) is 4.01. The van der Waals surface area contributed by atoms with Crippen LogP contribution < -0.4 is 10.3 Å². The highest BCUT2D eigenvalue weighted by Crippen LogP contribution is 2.37. The van der Waals surface area contributed by atoms with Crippen molar-refractivity contribution in [2.24, 2.45) is 11.3 Å². The second-order valence-electron chi connectivity index (χ2n) is 9.44. The highest BCUT2D eigenvalue weighted by molar-refractivity contribution is 5.67. The van der Waals surface area contributed by atoms with Gasteiger partial charge in [-0.3, -0.25) is 9.74 Å². The number of halogens is 2. The van der Waals surface area contributed by atoms with Crippen molar-refractivity contribution in [3.8, 4) is 16.9 Å². The van der Waals surface area contributed by atoms with Gasteiger partial charge in [0.15, 0.2) is 5.75 Å². The van der Waals surface area contributed by atoms with E-state index in [1.807, 2.05) is 0 Å². The number of hydrogen-bond donors (Lipinski definition) is 2. The number of carboxylic acids is 1. The van der Waals surface area contributed by atoms with E-state index in [0.717, 1.165) is 11.5 Å². The average molecular weight is 448 g/mol. The van der Waals surface area contributed by atoms with Crippen LogP contribution in [0.3, 0.4) is 0 Å². The SMILES string of the molecule is CC(C)(C)C1CCCCC1.O=C(O)CCNCc1ccc(F)c(-c2cccc(OF)c2)c1. The Bertz CT molecular complexity index is 858. The topological polar surface area (TPSA) is 58.6 Å². The molecular formula is C26H35F2NO3. The van der Waals surface area contributed by atoms with Crippen LogP contribution in [0.2, 0.25) is 0 Å². The maximum atomic E-state index is 14.0. The van der Waals surface area contributed by atoms with Crippen LogP contribution in [0.15, 0.2) is 42.5 Å². The summed E-state index contributed by atoms with van der Waals surface area (Å²) < 4.78 is 26.2. The molecule has 0 amide bonds. The molecule has 3 rings (SSSR count). The van der Waals surface area contributed by atoms with E-state index in [1.165, 1.54) is 50.3 Å². The van der Waals surface area contributed by atoms with Crippen molar-refractivity contribution in [3.63, 3.8) is 0 Å². The summed E-state index contributed by atoms with van der Waals surface area (Å²) in [6.07, 6.45) is 7.40. The van der Waals surface area contributed by atoms with Gasteiger partial charge in [0.25, 0.3) is 0 Å². The second kappa shape index (κ2) is 12.5. The Morgan fingerprint density at radius 3 is 2.44 bits per heavy atom. The Labute approximate surface area is 189 Å². The lowest BCUT2D eigenvalue weighted by molar-refractivity contribution is -0.136. The van der Waals surface area contributed by atoms with Crippen LogP contribution in [0.4, 0.5) is 8.92 Å². The molecule has 0 unspecified atom stereocenters. The molecule has 1 saturated carbocycles. The predicted molar refractivity (Wildman–Crippen MR) is 124 cm³/mol. The minimum atomic E-state index is -0.879. The fraction of sp³-hybridized carbons (Fsp3) is 0.500. The van der Waals surface area contributed by atoms with E-state index in [0.29, 0.717) is 29.6 Å². The Hall–Kier alpha value is -2.47. The Balaban J connectivity index is 0.000000303. The Morgan fingerprint density at radius 2 is 1.84 bits per heavy atom. The first-order valence-corrected chi connectivity index (χ1v) is 11.3. The molecular weight excluding hydrogens is 412 g/mol. The van der Waals surface area contributed by atoms with Gasteiger partial charge in [0.1, 0.15) is 5.82 Å². The molecule has 1 aliphatic rings. The summed E-state index contributed by atoms with van der Waals surface area (Å²) in [4.78, 5) is 14.1. The van der Waals surface area contributed by atoms with E-state index in [9.17, 15) is 13.7 Å². The minimum absolute atomic E-state index is 0.00175. The monoisotopic (exact) mass is 447 g/mol. The molecule has 0 heterocycles. The Kier molecular flexibility index (Phi) is 10.1. The molecule has 32 heavy (non-hydrogen) atoms. The van der Waals surface area contributed by atoms with Crippen LogP contribution in [-0.2, 0) is 11.3 Å². The van der Waals surface area contributed by atoms with Crippen molar-refractivity contribution < 1.29 is 23.8 Å². The number of carbonyl (C=O) groups is 1. The summed E-state index contributed by atoms with van der Waals surface area (Å²) in [5.74, 6) is -0.302. The lowest BCUT2D eigenvalue weighted by Gasteiger charge is -2.33. The van der Waals surface area contributed by atoms with Crippen LogP contribution in [0.1, 0.15) is 64.9 Å². The van der Waals surface area contributed by atoms with E-state index < -0.39 is 11.8 Å². The summed E-state index contributed by atoms with van der Waals surface area (Å²) in [6.45, 7) is 7.88. The van der Waals surface area contributed by atoms with Gasteiger partial charge in [0.05, 0.1) is 6.42 Å². The number of rotatable bonds is 7. The average Bonchev–Trinajstić information content (AvgIpc) is 2.78. The van der Waals surface area contributed by atoms with Gasteiger partial charge in [0, 0.05) is 23.2 Å². The summed E-state index contributed by atoms with van der Waals surface area (Å²) >= 11 is 0. The third kappa shape index (κ3) is 8.58. The summed E-state index contributed by atoms with van der Waals surface area (Å²) in [5.41, 5.74) is 2.20. The maximum absolute atomic E-state index is 14.0. The van der Waals surface area contributed by atoms with Gasteiger partial charge in [-0.15, -0.1) is 0 Å². The smallest absolute Gasteiger partial charge is 0.304 e. The zero-order valence-corrected chi connectivity index (χ0v) is 19.3. The molecule has 176 valence electrons. The molecule has 4 nitrogen and oxygen atoms in total. The predicted octanol–water partition coefficient (Wildman–Crippen LogP) is 6.93. The van der Waals surface area contributed by atoms with Crippen molar-refractivity contribution in [1.29, 1.82) is 0 Å². The quantitative estimate of drug-likeness (QED) is 0.452. The van der Waals surface area contributed by atoms with Crippen LogP contribution in [0.25, 0.3) is 11.1 Å². The van der Waals surface area contributed by atoms with Gasteiger partial charge in [-0.2, -0.15) is 0 Å². The highest BCUT2D eigenvalue weighted by atomic mass is 19.3. The summed E-state index contributed by atoms with van der Waals surface area (Å²) in [7, 11) is 0. The first-order valence-electron chi connectivity index (χ1n) is 11.3. The van der Waals surface area contributed by atoms with Gasteiger partial charge in [-0.1, -0.05) is 58.2 Å². The molecule has 1 aliphatic carbocycles. The second-order valence-corrected chi connectivity index (χ2v) is 9.44. The first-order chi connectivity index (χ1) is 15.2. The van der Waals surface area contributed by atoms with E-state index in [-0.39, 0.29) is 12.2 Å². The highest BCUT2D eigenvalue weighted by Gasteiger charge is 2.25. The summed E-state index contributed by atoms with van der Waals surface area (Å²) in [5, 5.41) is 11.5. The van der Waals surface area contributed by atoms with E-state index in [1.54, 1.807) is 24.3 Å². The van der Waals surface area contributed by atoms with E-state index >= 15 is 0 Å². The standard InChI is InChI=1S/C16H15F2NO3.C10H20/c17-15-5-4-11(10-19-7-6-16(20)21)8-14(15)12-2-1-3-13(9-12)22-18;1-10(2,3)9-7-5-4-6-8-9/h1-5,8-9,19H,6-7,10H2,(H,20,21);9H,4-8H2,1-3H3. The van der Waals surface area contributed by atoms with Crippen molar-refractivity contribution in [2.45, 2.75) is 65.8 Å². The summed E-state index contributed by atoms with van der Waals surface area (Å²) in [6, 6.07) is 10.6. The van der Waals surface area contributed by atoms with Gasteiger partial charge in [-0.25, -0.2) is 4.39 Å². The zero-order chi connectivity index (χ0) is 23.6. The van der Waals surface area contributed by atoms with Gasteiger partial charge in [0.2, 0.25) is 0 Å². The first kappa shape index (κ1) is 25.8. The van der Waals surface area contributed by atoms with Crippen LogP contribution >= 0.6 is 0 Å². The molecule has 1 fully saturated rings. The normalized spacial score (nSPS) is 14.4. The third-order valence-electron chi connectivity index (χ3n) is 5.94. The van der Waals surface area contributed by atoms with Gasteiger partial charge < -0.3 is 10.4 Å². The maximum Gasteiger partial charge on any atom is 0.304 e. The number of hydrogen-bond acceptors (Lipinski definition) is 3. The molecule has 0 atom stereocenters. The fourth-order valence-corrected chi connectivity index (χ4v) is 4.01. The lowest BCUT2D eigenvalue weighted by Crippen LogP contribution is -2.22. The molecule has 2 aromatic rings. The van der Waals surface area contributed by atoms with Crippen molar-refractivity contribution in [3.05, 3.63) is 53.8 Å². The van der Waals surface area contributed by atoms with Crippen LogP contribution in [0.5, 0.6) is 5.75 Å². The molecule has 6 heteroatoms. The number of nitrogens with one attached hydrogen (secondary N) is 1.